The normalized spacial score (nSPS) is 16.5. The number of amides is 2. The first-order chi connectivity index (χ1) is 20.9. The number of hydrogen-bond acceptors (Lipinski definition) is 10. The molecule has 2 aliphatic heterocycles. The number of benzene rings is 1. The van der Waals surface area contributed by atoms with Crippen molar-refractivity contribution in [1.82, 2.24) is 24.0 Å². The zero-order valence-electron chi connectivity index (χ0n) is 23.9. The first-order valence-corrected chi connectivity index (χ1v) is 13.9. The number of carbonyl (C=O) groups is 2. The van der Waals surface area contributed by atoms with Gasteiger partial charge in [-0.25, -0.2) is 9.97 Å². The quantitative estimate of drug-likeness (QED) is 0.269. The molecule has 2 amide bonds. The average molecular weight is 627 g/mol. The van der Waals surface area contributed by atoms with E-state index < -0.39 is 29.1 Å². The maximum absolute atomic E-state index is 14.8. The number of carbonyl (C=O) groups excluding carboxylic acids is 2. The van der Waals surface area contributed by atoms with Gasteiger partial charge >= 0.3 is 0 Å². The van der Waals surface area contributed by atoms with Gasteiger partial charge in [0.25, 0.3) is 11.5 Å². The third-order valence-corrected chi connectivity index (χ3v) is 8.09. The van der Waals surface area contributed by atoms with Gasteiger partial charge in [-0.15, -0.1) is 0 Å². The van der Waals surface area contributed by atoms with Gasteiger partial charge in [0.2, 0.25) is 24.4 Å². The molecule has 0 unspecified atom stereocenters. The highest BCUT2D eigenvalue weighted by atomic mass is 35.5. The standard InChI is InChI=1S/C28H28ClFN8O6/c1-13-8-35(2)4-5-38(13)18-7-17(21(29)25(30)34-18)33-19(39)10-37-9-16(20-27(37)32-11-36(3)28(20)42)14-6-15(26(31)41)22(40)24-23(14)43-12-44-24/h6-7,9,11,13,40H,4-5,8,10,12H2,1-3H3,(H2,31,41)(H,33,34,39)/t13-/m0/s1. The number of piperazine rings is 1. The highest BCUT2D eigenvalue weighted by molar-refractivity contribution is 6.33. The van der Waals surface area contributed by atoms with Crippen LogP contribution in [0.2, 0.25) is 5.02 Å². The molecule has 44 heavy (non-hydrogen) atoms. The van der Waals surface area contributed by atoms with Crippen LogP contribution in [0.1, 0.15) is 17.3 Å². The fourth-order valence-corrected chi connectivity index (χ4v) is 5.72. The second-order valence-electron chi connectivity index (χ2n) is 10.8. The fraction of sp³-hybridized carbons (Fsp3) is 0.321. The molecular formula is C28H28ClFN8O6. The molecule has 1 saturated heterocycles. The van der Waals surface area contributed by atoms with Gasteiger partial charge in [-0.05, 0) is 20.0 Å². The zero-order valence-corrected chi connectivity index (χ0v) is 24.7. The number of hydrogen-bond donors (Lipinski definition) is 3. The molecule has 2 aliphatic rings. The Morgan fingerprint density at radius 2 is 1.95 bits per heavy atom. The lowest BCUT2D eigenvalue weighted by Gasteiger charge is -2.39. The lowest BCUT2D eigenvalue weighted by atomic mass is 10.0. The number of aromatic nitrogens is 4. The molecule has 0 spiro atoms. The Morgan fingerprint density at radius 3 is 2.68 bits per heavy atom. The molecule has 14 nitrogen and oxygen atoms in total. The Bertz CT molecular complexity index is 1910. The van der Waals surface area contributed by atoms with Crippen LogP contribution >= 0.6 is 11.6 Å². The van der Waals surface area contributed by atoms with Crippen molar-refractivity contribution in [3.05, 3.63) is 51.5 Å². The number of nitrogens with one attached hydrogen (secondary N) is 1. The number of aryl methyl sites for hydroxylation is 1. The predicted octanol–water partition coefficient (Wildman–Crippen LogP) is 1.90. The molecule has 16 heteroatoms. The predicted molar refractivity (Wildman–Crippen MR) is 159 cm³/mol. The minimum absolute atomic E-state index is 0.0406. The Morgan fingerprint density at radius 1 is 1.20 bits per heavy atom. The number of phenols is 1. The van der Waals surface area contributed by atoms with Gasteiger partial charge in [-0.2, -0.15) is 4.39 Å². The van der Waals surface area contributed by atoms with E-state index in [4.69, 9.17) is 26.8 Å². The minimum Gasteiger partial charge on any atom is -0.504 e. The monoisotopic (exact) mass is 626 g/mol. The average Bonchev–Trinajstić information content (AvgIpc) is 3.59. The molecule has 1 fully saturated rings. The molecule has 6 rings (SSSR count). The summed E-state index contributed by atoms with van der Waals surface area (Å²) in [4.78, 5) is 51.3. The van der Waals surface area contributed by atoms with Crippen molar-refractivity contribution >= 4 is 46.0 Å². The molecule has 0 saturated carbocycles. The van der Waals surface area contributed by atoms with Crippen LogP contribution < -0.4 is 31.0 Å². The van der Waals surface area contributed by atoms with E-state index in [1.165, 1.54) is 40.8 Å². The van der Waals surface area contributed by atoms with Crippen molar-refractivity contribution in [2.45, 2.75) is 19.5 Å². The molecule has 4 N–H and O–H groups in total. The van der Waals surface area contributed by atoms with Gasteiger partial charge in [-0.1, -0.05) is 11.6 Å². The molecule has 4 aromatic rings. The highest BCUT2D eigenvalue weighted by Crippen LogP contribution is 2.50. The van der Waals surface area contributed by atoms with Gasteiger partial charge in [0.05, 0.1) is 23.0 Å². The summed E-state index contributed by atoms with van der Waals surface area (Å²) in [6, 6.07) is 2.87. The summed E-state index contributed by atoms with van der Waals surface area (Å²) in [5, 5.41) is 12.9. The van der Waals surface area contributed by atoms with Crippen LogP contribution in [0, 0.1) is 5.95 Å². The Balaban J connectivity index is 1.38. The van der Waals surface area contributed by atoms with Crippen LogP contribution in [0.3, 0.4) is 0 Å². The minimum atomic E-state index is -0.928. The molecule has 0 bridgehead atoms. The number of halogens is 2. The number of rotatable bonds is 6. The van der Waals surface area contributed by atoms with Gasteiger partial charge in [0, 0.05) is 56.1 Å². The van der Waals surface area contributed by atoms with Crippen molar-refractivity contribution < 1.29 is 28.6 Å². The number of anilines is 2. The summed E-state index contributed by atoms with van der Waals surface area (Å²) >= 11 is 6.21. The fourth-order valence-electron chi connectivity index (χ4n) is 5.58. The molecule has 1 aromatic carbocycles. The van der Waals surface area contributed by atoms with Crippen molar-refractivity contribution in [3.63, 3.8) is 0 Å². The van der Waals surface area contributed by atoms with Crippen LogP contribution in [-0.2, 0) is 18.4 Å². The molecule has 230 valence electrons. The SMILES string of the molecule is C[C@H]1CN(C)CCN1c1cc(NC(=O)Cn2cc(-c3cc(C(N)=O)c(O)c4c3OCO4)c3c(=O)n(C)cnc32)c(Cl)c(F)n1. The van der Waals surface area contributed by atoms with Crippen molar-refractivity contribution in [1.29, 1.82) is 0 Å². The van der Waals surface area contributed by atoms with Crippen LogP contribution in [0.25, 0.3) is 22.2 Å². The topological polar surface area (TPSA) is 170 Å². The number of aromatic hydroxyl groups is 1. The number of ether oxygens (including phenoxy) is 2. The Labute approximate surface area is 254 Å². The number of primary amides is 1. The largest absolute Gasteiger partial charge is 0.504 e. The Hall–Kier alpha value is -4.89. The maximum Gasteiger partial charge on any atom is 0.263 e. The summed E-state index contributed by atoms with van der Waals surface area (Å²) in [5.74, 6) is -2.60. The van der Waals surface area contributed by atoms with E-state index in [0.29, 0.717) is 12.4 Å². The van der Waals surface area contributed by atoms with Crippen LogP contribution in [0.4, 0.5) is 15.9 Å². The number of likely N-dealkylation sites (N-methyl/N-ethyl adjacent to an activating group) is 1. The van der Waals surface area contributed by atoms with Gasteiger partial charge in [0.15, 0.2) is 11.5 Å². The van der Waals surface area contributed by atoms with Crippen molar-refractivity contribution in [2.24, 2.45) is 12.8 Å². The number of fused-ring (bicyclic) bond motifs is 2. The summed E-state index contributed by atoms with van der Waals surface area (Å²) in [5.41, 5.74) is 5.46. The van der Waals surface area contributed by atoms with E-state index in [-0.39, 0.29) is 69.3 Å². The molecule has 1 atom stereocenters. The van der Waals surface area contributed by atoms with Gasteiger partial charge in [0.1, 0.15) is 23.0 Å². The van der Waals surface area contributed by atoms with Crippen LogP contribution in [0.5, 0.6) is 17.2 Å². The molecule has 3 aromatic heterocycles. The van der Waals surface area contributed by atoms with E-state index >= 15 is 0 Å². The molecule has 5 heterocycles. The maximum atomic E-state index is 14.8. The Kier molecular flexibility index (Phi) is 7.29. The first-order valence-electron chi connectivity index (χ1n) is 13.6. The van der Waals surface area contributed by atoms with E-state index in [9.17, 15) is 23.9 Å². The van der Waals surface area contributed by atoms with E-state index in [2.05, 4.69) is 20.2 Å². The number of pyridine rings is 1. The third kappa shape index (κ3) is 4.93. The van der Waals surface area contributed by atoms with Crippen LogP contribution in [0.15, 0.2) is 29.5 Å². The van der Waals surface area contributed by atoms with E-state index in [0.717, 1.165) is 13.1 Å². The molecular weight excluding hydrogens is 599 g/mol. The van der Waals surface area contributed by atoms with Crippen LogP contribution in [-0.4, -0.2) is 80.4 Å². The highest BCUT2D eigenvalue weighted by Gasteiger charge is 2.31. The first kappa shape index (κ1) is 29.2. The van der Waals surface area contributed by atoms with E-state index in [1.54, 1.807) is 0 Å². The summed E-state index contributed by atoms with van der Waals surface area (Å²) in [7, 11) is 3.51. The number of nitrogens with zero attached hydrogens (tertiary/aromatic N) is 6. The summed E-state index contributed by atoms with van der Waals surface area (Å²) < 4.78 is 28.4. The van der Waals surface area contributed by atoms with Crippen molar-refractivity contribution in [2.75, 3.05) is 43.7 Å². The second kappa shape index (κ2) is 11.0. The lowest BCUT2D eigenvalue weighted by molar-refractivity contribution is -0.116. The summed E-state index contributed by atoms with van der Waals surface area (Å²) in [6.07, 6.45) is 2.79. The molecule has 0 radical (unpaired) electrons. The van der Waals surface area contributed by atoms with Gasteiger partial charge < -0.3 is 44.6 Å². The molecule has 0 aliphatic carbocycles. The summed E-state index contributed by atoms with van der Waals surface area (Å²) in [6.45, 7) is 3.54. The van der Waals surface area contributed by atoms with Crippen molar-refractivity contribution in [3.8, 4) is 28.4 Å². The zero-order chi connectivity index (χ0) is 31.4. The smallest absolute Gasteiger partial charge is 0.263 e. The second-order valence-corrected chi connectivity index (χ2v) is 11.1. The third-order valence-electron chi connectivity index (χ3n) is 7.73. The lowest BCUT2D eigenvalue weighted by Crippen LogP contribution is -2.50. The van der Waals surface area contributed by atoms with E-state index in [1.807, 2.05) is 18.9 Å². The van der Waals surface area contributed by atoms with Gasteiger partial charge in [-0.3, -0.25) is 14.4 Å². The number of nitrogens with two attached hydrogens (primary N) is 1.